The number of aryl methyl sites for hydroxylation is 1. The molecule has 2 nitrogen and oxygen atoms in total. The molecule has 1 heterocycles. The van der Waals surface area contributed by atoms with Crippen LogP contribution in [-0.2, 0) is 6.42 Å². The van der Waals surface area contributed by atoms with Gasteiger partial charge in [0.15, 0.2) is 6.61 Å². The first-order chi connectivity index (χ1) is 8.72. The predicted octanol–water partition coefficient (Wildman–Crippen LogP) is 4.33. The van der Waals surface area contributed by atoms with Crippen molar-refractivity contribution in [2.24, 2.45) is 0 Å². The predicted molar refractivity (Wildman–Crippen MR) is 77.7 cm³/mol. The van der Waals surface area contributed by atoms with Gasteiger partial charge in [0.25, 0.3) is 0 Å². The van der Waals surface area contributed by atoms with E-state index < -0.39 is 0 Å². The van der Waals surface area contributed by atoms with Crippen molar-refractivity contribution in [3.63, 3.8) is 0 Å². The Hall–Kier alpha value is -1.13. The van der Waals surface area contributed by atoms with Gasteiger partial charge in [0, 0.05) is 4.47 Å². The number of hydrogen-bond donors (Lipinski definition) is 0. The molecule has 94 valence electrons. The van der Waals surface area contributed by atoms with Crippen LogP contribution in [0.4, 0.5) is 0 Å². The molecule has 0 atom stereocenters. The Bertz CT molecular complexity index is 548. The number of halogens is 1. The lowest BCUT2D eigenvalue weighted by atomic mass is 10.1. The van der Waals surface area contributed by atoms with Gasteiger partial charge in [0.2, 0.25) is 5.78 Å². The van der Waals surface area contributed by atoms with E-state index in [4.69, 9.17) is 4.74 Å². The van der Waals surface area contributed by atoms with E-state index in [2.05, 4.69) is 22.9 Å². The van der Waals surface area contributed by atoms with Crippen LogP contribution in [-0.4, -0.2) is 12.4 Å². The first kappa shape index (κ1) is 13.3. The summed E-state index contributed by atoms with van der Waals surface area (Å²) in [6, 6.07) is 9.68. The van der Waals surface area contributed by atoms with Gasteiger partial charge in [-0.15, -0.1) is 11.3 Å². The van der Waals surface area contributed by atoms with Crippen molar-refractivity contribution in [1.29, 1.82) is 0 Å². The minimum Gasteiger partial charge on any atom is -0.485 e. The van der Waals surface area contributed by atoms with E-state index >= 15 is 0 Å². The summed E-state index contributed by atoms with van der Waals surface area (Å²) >= 11 is 4.78. The summed E-state index contributed by atoms with van der Waals surface area (Å²) in [4.78, 5) is 12.7. The number of hydrogen-bond acceptors (Lipinski definition) is 3. The summed E-state index contributed by atoms with van der Waals surface area (Å²) in [5, 5.41) is 1.89. The average Bonchev–Trinajstić information content (AvgIpc) is 2.82. The highest BCUT2D eigenvalue weighted by Gasteiger charge is 2.12. The van der Waals surface area contributed by atoms with Crippen LogP contribution in [0.5, 0.6) is 5.75 Å². The fourth-order valence-electron chi connectivity index (χ4n) is 1.64. The van der Waals surface area contributed by atoms with Crippen LogP contribution >= 0.6 is 27.3 Å². The number of ketones is 1. The minimum atomic E-state index is 0.00258. The van der Waals surface area contributed by atoms with Gasteiger partial charge in [-0.2, -0.15) is 0 Å². The van der Waals surface area contributed by atoms with Gasteiger partial charge < -0.3 is 4.74 Å². The van der Waals surface area contributed by atoms with Gasteiger partial charge >= 0.3 is 0 Å². The molecular weight excluding hydrogens is 312 g/mol. The summed E-state index contributed by atoms with van der Waals surface area (Å²) < 4.78 is 6.44. The molecule has 0 radical (unpaired) electrons. The van der Waals surface area contributed by atoms with E-state index in [1.165, 1.54) is 11.3 Å². The molecule has 1 aromatic heterocycles. The Morgan fingerprint density at radius 3 is 2.78 bits per heavy atom. The standard InChI is InChI=1S/C14H13BrO2S/c1-2-10-5-3-4-6-13(10)17-9-12(16)14-11(15)7-8-18-14/h3-8H,2,9H2,1H3. The third kappa shape index (κ3) is 3.00. The van der Waals surface area contributed by atoms with Crippen LogP contribution in [0.15, 0.2) is 40.2 Å². The van der Waals surface area contributed by atoms with Gasteiger partial charge in [-0.1, -0.05) is 25.1 Å². The van der Waals surface area contributed by atoms with Crippen molar-refractivity contribution < 1.29 is 9.53 Å². The smallest absolute Gasteiger partial charge is 0.211 e. The number of rotatable bonds is 5. The van der Waals surface area contributed by atoms with E-state index in [9.17, 15) is 4.79 Å². The first-order valence-electron chi connectivity index (χ1n) is 5.69. The second-order valence-corrected chi connectivity index (χ2v) is 5.54. The lowest BCUT2D eigenvalue weighted by Gasteiger charge is -2.09. The highest BCUT2D eigenvalue weighted by molar-refractivity contribution is 9.10. The maximum atomic E-state index is 12.0. The van der Waals surface area contributed by atoms with Crippen molar-refractivity contribution in [1.82, 2.24) is 0 Å². The molecule has 18 heavy (non-hydrogen) atoms. The van der Waals surface area contributed by atoms with Crippen LogP contribution in [0.3, 0.4) is 0 Å². The third-order valence-electron chi connectivity index (χ3n) is 2.58. The monoisotopic (exact) mass is 324 g/mol. The number of carbonyl (C=O) groups is 1. The summed E-state index contributed by atoms with van der Waals surface area (Å²) in [7, 11) is 0. The molecular formula is C14H13BrO2S. The molecule has 0 saturated carbocycles. The fraction of sp³-hybridized carbons (Fsp3) is 0.214. The Morgan fingerprint density at radius 1 is 1.33 bits per heavy atom. The second-order valence-electron chi connectivity index (χ2n) is 3.77. The zero-order chi connectivity index (χ0) is 13.0. The zero-order valence-electron chi connectivity index (χ0n) is 9.98. The molecule has 0 unspecified atom stereocenters. The number of Topliss-reactive ketones (excluding diaryl/α,β-unsaturated/α-hetero) is 1. The molecule has 0 saturated heterocycles. The molecule has 0 spiro atoms. The highest BCUT2D eigenvalue weighted by atomic mass is 79.9. The number of ether oxygens (including phenoxy) is 1. The summed E-state index contributed by atoms with van der Waals surface area (Å²) in [5.41, 5.74) is 1.12. The Kier molecular flexibility index (Phi) is 4.55. The molecule has 0 aliphatic rings. The van der Waals surface area contributed by atoms with Gasteiger partial charge in [-0.25, -0.2) is 0 Å². The van der Waals surface area contributed by atoms with E-state index in [1.54, 1.807) is 0 Å². The third-order valence-corrected chi connectivity index (χ3v) is 4.46. The molecule has 0 aliphatic carbocycles. The quantitative estimate of drug-likeness (QED) is 0.765. The summed E-state index contributed by atoms with van der Waals surface area (Å²) in [6.45, 7) is 2.15. The molecule has 4 heteroatoms. The Morgan fingerprint density at radius 2 is 2.11 bits per heavy atom. The highest BCUT2D eigenvalue weighted by Crippen LogP contribution is 2.24. The normalized spacial score (nSPS) is 10.3. The largest absolute Gasteiger partial charge is 0.485 e. The van der Waals surface area contributed by atoms with Crippen LogP contribution in [0.2, 0.25) is 0 Å². The zero-order valence-corrected chi connectivity index (χ0v) is 12.4. The van der Waals surface area contributed by atoms with Crippen LogP contribution in [0.1, 0.15) is 22.2 Å². The molecule has 2 aromatic rings. The van der Waals surface area contributed by atoms with Crippen molar-refractivity contribution in [2.75, 3.05) is 6.61 Å². The maximum absolute atomic E-state index is 12.0. The SMILES string of the molecule is CCc1ccccc1OCC(=O)c1sccc1Br. The van der Waals surface area contributed by atoms with Gasteiger partial charge in [-0.05, 0) is 45.4 Å². The van der Waals surface area contributed by atoms with E-state index in [0.29, 0.717) is 4.88 Å². The van der Waals surface area contributed by atoms with Gasteiger partial charge in [0.05, 0.1) is 4.88 Å². The molecule has 0 N–H and O–H groups in total. The van der Waals surface area contributed by atoms with E-state index in [0.717, 1.165) is 22.2 Å². The van der Waals surface area contributed by atoms with Crippen molar-refractivity contribution >= 4 is 33.0 Å². The van der Waals surface area contributed by atoms with Crippen LogP contribution in [0, 0.1) is 0 Å². The van der Waals surface area contributed by atoms with Gasteiger partial charge in [-0.3, -0.25) is 4.79 Å². The average molecular weight is 325 g/mol. The lowest BCUT2D eigenvalue weighted by Crippen LogP contribution is -2.11. The lowest BCUT2D eigenvalue weighted by molar-refractivity contribution is 0.0924. The maximum Gasteiger partial charge on any atom is 0.211 e. The molecule has 0 amide bonds. The van der Waals surface area contributed by atoms with Crippen molar-refractivity contribution in [3.8, 4) is 5.75 Å². The fourth-order valence-corrected chi connectivity index (χ4v) is 3.16. The number of thiophene rings is 1. The topological polar surface area (TPSA) is 26.3 Å². The van der Waals surface area contributed by atoms with Crippen molar-refractivity contribution in [3.05, 3.63) is 50.6 Å². The van der Waals surface area contributed by atoms with Crippen molar-refractivity contribution in [2.45, 2.75) is 13.3 Å². The molecule has 2 rings (SSSR count). The number of benzene rings is 1. The Labute approximate surface area is 119 Å². The van der Waals surface area contributed by atoms with Crippen LogP contribution in [0.25, 0.3) is 0 Å². The van der Waals surface area contributed by atoms with E-state index in [-0.39, 0.29) is 12.4 Å². The van der Waals surface area contributed by atoms with Crippen LogP contribution < -0.4 is 4.74 Å². The molecule has 0 fully saturated rings. The number of carbonyl (C=O) groups excluding carboxylic acids is 1. The Balaban J connectivity index is 2.04. The molecule has 0 bridgehead atoms. The van der Waals surface area contributed by atoms with Gasteiger partial charge in [0.1, 0.15) is 5.75 Å². The summed E-state index contributed by atoms with van der Waals surface area (Å²) in [5.74, 6) is 0.795. The first-order valence-corrected chi connectivity index (χ1v) is 7.36. The second kappa shape index (κ2) is 6.16. The molecule has 1 aromatic carbocycles. The molecule has 0 aliphatic heterocycles. The van der Waals surface area contributed by atoms with E-state index in [1.807, 2.05) is 35.7 Å². The minimum absolute atomic E-state index is 0.00258. The summed E-state index contributed by atoms with van der Waals surface area (Å²) in [6.07, 6.45) is 0.896. The number of para-hydroxylation sites is 1.